The van der Waals surface area contributed by atoms with Crippen LogP contribution in [0.15, 0.2) is 43.7 Å². The topological polar surface area (TPSA) is 252 Å². The first-order valence-electron chi connectivity index (χ1n) is 12.7. The fraction of sp³-hybridized carbons (Fsp3) is 0.591. The van der Waals surface area contributed by atoms with Gasteiger partial charge in [-0.05, 0) is 0 Å². The number of aromatic amines is 2. The second-order valence-electron chi connectivity index (χ2n) is 9.67. The van der Waals surface area contributed by atoms with E-state index in [0.29, 0.717) is 4.57 Å². The smallest absolute Gasteiger partial charge is 0.387 e. The van der Waals surface area contributed by atoms with E-state index in [1.807, 2.05) is 9.97 Å². The van der Waals surface area contributed by atoms with Crippen molar-refractivity contribution >= 4 is 13.7 Å². The van der Waals surface area contributed by atoms with Crippen LogP contribution in [0.25, 0.3) is 0 Å². The lowest BCUT2D eigenvalue weighted by Crippen LogP contribution is -2.52. The van der Waals surface area contributed by atoms with Gasteiger partial charge in [-0.15, -0.1) is 0 Å². The van der Waals surface area contributed by atoms with Gasteiger partial charge in [0.2, 0.25) is 0 Å². The maximum absolute atomic E-state index is 13.4. The Bertz CT molecular complexity index is 1660. The minimum absolute atomic E-state index is 0.306. The van der Waals surface area contributed by atoms with Crippen LogP contribution >= 0.6 is 7.82 Å². The van der Waals surface area contributed by atoms with Crippen molar-refractivity contribution in [2.45, 2.75) is 55.2 Å². The number of nitrogens with one attached hydrogen (secondary N) is 3. The Morgan fingerprint density at radius 3 is 1.93 bits per heavy atom. The van der Waals surface area contributed by atoms with Crippen LogP contribution < -0.4 is 27.8 Å². The number of rotatable bonds is 11. The number of phosphoric acid groups is 1. The molecule has 0 radical (unpaired) electrons. The molecule has 2 aliphatic rings. The van der Waals surface area contributed by atoms with Gasteiger partial charge in [-0.1, -0.05) is 0 Å². The highest BCUT2D eigenvalue weighted by molar-refractivity contribution is 7.47. The van der Waals surface area contributed by atoms with E-state index in [4.69, 9.17) is 28.0 Å². The quantitative estimate of drug-likeness (QED) is 0.154. The summed E-state index contributed by atoms with van der Waals surface area (Å²) >= 11 is 0. The van der Waals surface area contributed by atoms with Gasteiger partial charge in [-0.2, -0.15) is 13.2 Å². The number of aliphatic hydroxyl groups excluding tert-OH is 1. The number of hydrogen-bond donors (Lipinski definition) is 5. The first-order chi connectivity index (χ1) is 21.1. The number of phosphoric ester groups is 1. The molecule has 19 nitrogen and oxygen atoms in total. The zero-order valence-electron chi connectivity index (χ0n) is 23.1. The summed E-state index contributed by atoms with van der Waals surface area (Å²) in [6.45, 7) is -0.835. The molecule has 4 rings (SSSR count). The van der Waals surface area contributed by atoms with E-state index in [2.05, 4.69) is 0 Å². The number of aliphatic hydroxyl groups is 1. The van der Waals surface area contributed by atoms with Crippen LogP contribution in [-0.2, 0) is 37.4 Å². The standard InChI is InChI=1S/C22H27F3N5O14P/c1-39-7-9-14(33)16(18(41-9)30-6-4-12(32)27-21(30)36)44-45(37,38)43-15-10(8-40-2)42-17(13(15)28-19(34)22(23,24)25)29-5-3-11(31)26-20(29)35/h3-6,9-10,13-18,33H,7-8H2,1-2H3,(H,28,34)(H,37,38)(H,26,31,35)(H,27,32,36)/t9-,10-,13-,14-,15-,16-,17-,18-/m1/s1. The summed E-state index contributed by atoms with van der Waals surface area (Å²) in [6.07, 6.45) is -15.7. The van der Waals surface area contributed by atoms with Crippen molar-refractivity contribution in [2.24, 2.45) is 0 Å². The summed E-state index contributed by atoms with van der Waals surface area (Å²) in [7, 11) is -3.19. The van der Waals surface area contributed by atoms with Crippen LogP contribution in [0.1, 0.15) is 12.5 Å². The molecular weight excluding hydrogens is 646 g/mol. The fourth-order valence-electron chi connectivity index (χ4n) is 4.74. The Morgan fingerprint density at radius 1 is 0.933 bits per heavy atom. The number of hydrogen-bond acceptors (Lipinski definition) is 13. The minimum atomic E-state index is -5.56. The maximum atomic E-state index is 13.4. The SMILES string of the molecule is COC[C@H]1O[C@@H](n2ccc(=O)[nH]c2=O)[C@H](OP(=O)(O)O[C@H]2[C@@H](NC(=O)C(F)(F)F)[C@H](n3ccc(=O)[nH]c3=O)O[C@@H]2COC)[C@@H]1O. The maximum Gasteiger partial charge on any atom is 0.473 e. The molecule has 0 saturated carbocycles. The first-order valence-corrected chi connectivity index (χ1v) is 14.2. The summed E-state index contributed by atoms with van der Waals surface area (Å²) in [6, 6.07) is -0.315. The van der Waals surface area contributed by atoms with Gasteiger partial charge >= 0.3 is 31.3 Å². The van der Waals surface area contributed by atoms with Crippen LogP contribution in [0.3, 0.4) is 0 Å². The van der Waals surface area contributed by atoms with Gasteiger partial charge in [0.05, 0.1) is 13.2 Å². The Balaban J connectivity index is 1.70. The average Bonchev–Trinajstić information content (AvgIpc) is 3.40. The summed E-state index contributed by atoms with van der Waals surface area (Å²) in [5.74, 6) is -2.54. The fourth-order valence-corrected chi connectivity index (χ4v) is 5.90. The second-order valence-corrected chi connectivity index (χ2v) is 11.0. The summed E-state index contributed by atoms with van der Waals surface area (Å²) in [4.78, 5) is 74.6. The monoisotopic (exact) mass is 673 g/mol. The average molecular weight is 673 g/mol. The number of nitrogens with zero attached hydrogens (tertiary/aromatic N) is 2. The molecule has 1 amide bonds. The van der Waals surface area contributed by atoms with E-state index >= 15 is 0 Å². The summed E-state index contributed by atoms with van der Waals surface area (Å²) in [5, 5.41) is 12.4. The van der Waals surface area contributed by atoms with Crippen LogP contribution in [-0.4, -0.2) is 105 Å². The Morgan fingerprint density at radius 2 is 1.42 bits per heavy atom. The number of methoxy groups -OCH3 is 2. The van der Waals surface area contributed by atoms with Gasteiger partial charge < -0.3 is 34.3 Å². The predicted octanol–water partition coefficient (Wildman–Crippen LogP) is -2.55. The number of alkyl halides is 3. The summed E-state index contributed by atoms with van der Waals surface area (Å²) in [5.41, 5.74) is -3.91. The van der Waals surface area contributed by atoms with Crippen molar-refractivity contribution < 1.29 is 60.5 Å². The van der Waals surface area contributed by atoms with E-state index in [1.165, 1.54) is 7.11 Å². The van der Waals surface area contributed by atoms with Crippen molar-refractivity contribution in [3.8, 4) is 0 Å². The normalized spacial score (nSPS) is 29.8. The zero-order chi connectivity index (χ0) is 33.3. The van der Waals surface area contributed by atoms with Crippen LogP contribution in [0.4, 0.5) is 13.2 Å². The molecule has 5 N–H and O–H groups in total. The number of amides is 1. The van der Waals surface area contributed by atoms with E-state index < -0.39 is 98.0 Å². The zero-order valence-corrected chi connectivity index (χ0v) is 24.0. The molecule has 2 saturated heterocycles. The molecule has 0 aromatic carbocycles. The molecule has 2 aromatic heterocycles. The first kappa shape index (κ1) is 34.4. The van der Waals surface area contributed by atoms with Gasteiger partial charge in [0.15, 0.2) is 12.5 Å². The molecule has 23 heteroatoms. The number of ether oxygens (including phenoxy) is 4. The molecule has 0 spiro atoms. The molecule has 250 valence electrons. The van der Waals surface area contributed by atoms with Gasteiger partial charge in [-0.25, -0.2) is 14.2 Å². The van der Waals surface area contributed by atoms with Crippen LogP contribution in [0.2, 0.25) is 0 Å². The Labute approximate surface area is 248 Å². The molecule has 0 bridgehead atoms. The molecule has 9 atom stereocenters. The highest BCUT2D eigenvalue weighted by Crippen LogP contribution is 2.52. The molecular formula is C22H27F3N5O14P. The van der Waals surface area contributed by atoms with Crippen molar-refractivity contribution in [1.29, 1.82) is 0 Å². The van der Waals surface area contributed by atoms with E-state index in [-0.39, 0.29) is 6.61 Å². The van der Waals surface area contributed by atoms with Gasteiger partial charge in [0.25, 0.3) is 11.1 Å². The molecule has 4 heterocycles. The lowest BCUT2D eigenvalue weighted by Gasteiger charge is -2.29. The molecule has 2 aromatic rings. The second kappa shape index (κ2) is 13.5. The van der Waals surface area contributed by atoms with Crippen LogP contribution in [0.5, 0.6) is 0 Å². The van der Waals surface area contributed by atoms with Gasteiger partial charge in [0, 0.05) is 38.7 Å². The third kappa shape index (κ3) is 7.68. The van der Waals surface area contributed by atoms with Crippen LogP contribution in [0, 0.1) is 0 Å². The van der Waals surface area contributed by atoms with E-state index in [0.717, 1.165) is 36.2 Å². The third-order valence-corrected chi connectivity index (χ3v) is 7.65. The largest absolute Gasteiger partial charge is 0.473 e. The molecule has 2 aliphatic heterocycles. The van der Waals surface area contributed by atoms with Crippen molar-refractivity contribution in [3.05, 3.63) is 66.2 Å². The third-order valence-electron chi connectivity index (χ3n) is 6.63. The Hall–Kier alpha value is -3.47. The molecule has 45 heavy (non-hydrogen) atoms. The van der Waals surface area contributed by atoms with E-state index in [9.17, 15) is 51.7 Å². The molecule has 0 aliphatic carbocycles. The number of carbonyl (C=O) groups is 1. The summed E-state index contributed by atoms with van der Waals surface area (Å²) < 4.78 is 86.1. The Kier molecular flexibility index (Phi) is 10.3. The minimum Gasteiger partial charge on any atom is -0.387 e. The van der Waals surface area contributed by atoms with E-state index in [1.54, 1.807) is 5.32 Å². The van der Waals surface area contributed by atoms with Gasteiger partial charge in [-0.3, -0.25) is 42.5 Å². The number of H-pyrrole nitrogens is 2. The van der Waals surface area contributed by atoms with Crippen molar-refractivity contribution in [2.75, 3.05) is 27.4 Å². The predicted molar refractivity (Wildman–Crippen MR) is 138 cm³/mol. The number of halogens is 3. The lowest BCUT2D eigenvalue weighted by molar-refractivity contribution is -0.175. The highest BCUT2D eigenvalue weighted by atomic mass is 31.2. The molecule has 2 fully saturated rings. The number of aromatic nitrogens is 4. The number of carbonyl (C=O) groups excluding carboxylic acids is 1. The van der Waals surface area contributed by atoms with Crippen molar-refractivity contribution in [1.82, 2.24) is 24.4 Å². The lowest BCUT2D eigenvalue weighted by atomic mass is 10.1. The van der Waals surface area contributed by atoms with Crippen molar-refractivity contribution in [3.63, 3.8) is 0 Å². The molecule has 1 unspecified atom stereocenters. The van der Waals surface area contributed by atoms with Gasteiger partial charge in [0.1, 0.15) is 36.6 Å². The highest BCUT2D eigenvalue weighted by Gasteiger charge is 2.55.